The molecule has 0 bridgehead atoms. The normalized spacial score (nSPS) is 11.9. The fourth-order valence-electron chi connectivity index (χ4n) is 0.770. The number of hydrogen-bond acceptors (Lipinski definition) is 7. The van der Waals surface area contributed by atoms with E-state index in [9.17, 15) is 14.7 Å². The zero-order chi connectivity index (χ0) is 13.1. The lowest BCUT2D eigenvalue weighted by molar-refractivity contribution is -0.172. The molecule has 0 aromatic rings. The molecule has 0 saturated heterocycles. The molecule has 1 N–H and O–H groups in total. The van der Waals surface area contributed by atoms with Gasteiger partial charge in [-0.25, -0.2) is 4.79 Å². The SMILES string of the molecule is CCOCOC(=O)CC(O)C(=O)OCOCC. The Morgan fingerprint density at radius 1 is 1.06 bits per heavy atom. The molecule has 0 aliphatic rings. The van der Waals surface area contributed by atoms with Gasteiger partial charge < -0.3 is 24.1 Å². The highest BCUT2D eigenvalue weighted by Gasteiger charge is 2.21. The average Bonchev–Trinajstić information content (AvgIpc) is 2.29. The minimum absolute atomic E-state index is 0.198. The van der Waals surface area contributed by atoms with Crippen molar-refractivity contribution in [2.75, 3.05) is 26.8 Å². The van der Waals surface area contributed by atoms with Gasteiger partial charge in [0, 0.05) is 13.2 Å². The minimum Gasteiger partial charge on any atom is -0.438 e. The summed E-state index contributed by atoms with van der Waals surface area (Å²) in [5, 5.41) is 9.27. The van der Waals surface area contributed by atoms with Crippen molar-refractivity contribution in [3.63, 3.8) is 0 Å². The van der Waals surface area contributed by atoms with Gasteiger partial charge in [0.25, 0.3) is 0 Å². The van der Waals surface area contributed by atoms with Crippen LogP contribution in [0.2, 0.25) is 0 Å². The fourth-order valence-corrected chi connectivity index (χ4v) is 0.770. The number of hydrogen-bond donors (Lipinski definition) is 1. The van der Waals surface area contributed by atoms with Crippen LogP contribution in [0, 0.1) is 0 Å². The van der Waals surface area contributed by atoms with E-state index in [1.165, 1.54) is 0 Å². The molecule has 0 heterocycles. The summed E-state index contributed by atoms with van der Waals surface area (Å²) in [5.74, 6) is -1.66. The third-order valence-corrected chi connectivity index (χ3v) is 1.63. The minimum atomic E-state index is -1.55. The highest BCUT2D eigenvalue weighted by molar-refractivity contribution is 5.81. The van der Waals surface area contributed by atoms with Gasteiger partial charge in [0.05, 0.1) is 6.42 Å². The quantitative estimate of drug-likeness (QED) is 0.344. The molecule has 0 amide bonds. The molecule has 1 unspecified atom stereocenters. The zero-order valence-corrected chi connectivity index (χ0v) is 10.0. The summed E-state index contributed by atoms with van der Waals surface area (Å²) in [5.41, 5.74) is 0. The van der Waals surface area contributed by atoms with Gasteiger partial charge in [-0.15, -0.1) is 0 Å². The molecule has 0 aromatic carbocycles. The number of carbonyl (C=O) groups is 2. The van der Waals surface area contributed by atoms with E-state index in [4.69, 9.17) is 9.47 Å². The van der Waals surface area contributed by atoms with Crippen molar-refractivity contribution >= 4 is 11.9 Å². The number of aliphatic hydroxyl groups excluding tert-OH is 1. The summed E-state index contributed by atoms with van der Waals surface area (Å²) < 4.78 is 18.6. The van der Waals surface area contributed by atoms with Crippen molar-refractivity contribution in [1.82, 2.24) is 0 Å². The van der Waals surface area contributed by atoms with Crippen LogP contribution in [0.25, 0.3) is 0 Å². The Morgan fingerprint density at radius 3 is 2.12 bits per heavy atom. The smallest absolute Gasteiger partial charge is 0.337 e. The van der Waals surface area contributed by atoms with Gasteiger partial charge in [0.2, 0.25) is 0 Å². The van der Waals surface area contributed by atoms with Crippen molar-refractivity contribution in [1.29, 1.82) is 0 Å². The highest BCUT2D eigenvalue weighted by atomic mass is 16.7. The summed E-state index contributed by atoms with van der Waals surface area (Å²) in [4.78, 5) is 22.2. The molecule has 0 spiro atoms. The lowest BCUT2D eigenvalue weighted by Gasteiger charge is -2.10. The fraction of sp³-hybridized carbons (Fsp3) is 0.800. The lowest BCUT2D eigenvalue weighted by Crippen LogP contribution is -2.27. The topological polar surface area (TPSA) is 91.3 Å². The van der Waals surface area contributed by atoms with Gasteiger partial charge >= 0.3 is 11.9 Å². The lowest BCUT2D eigenvalue weighted by atomic mass is 10.2. The Balaban J connectivity index is 3.71. The number of ether oxygens (including phenoxy) is 4. The standard InChI is InChI=1S/C10H18O7/c1-3-14-6-16-9(12)5-8(11)10(13)17-7-15-4-2/h8,11H,3-7H2,1-2H3. The van der Waals surface area contributed by atoms with Crippen LogP contribution in [0.3, 0.4) is 0 Å². The molecule has 0 aliphatic heterocycles. The van der Waals surface area contributed by atoms with Gasteiger partial charge in [0.15, 0.2) is 19.7 Å². The maximum Gasteiger partial charge on any atom is 0.337 e. The largest absolute Gasteiger partial charge is 0.438 e. The summed E-state index contributed by atoms with van der Waals surface area (Å²) in [6, 6.07) is 0. The van der Waals surface area contributed by atoms with Crippen LogP contribution < -0.4 is 0 Å². The van der Waals surface area contributed by atoms with E-state index >= 15 is 0 Å². The molecule has 7 nitrogen and oxygen atoms in total. The molecule has 17 heavy (non-hydrogen) atoms. The van der Waals surface area contributed by atoms with Crippen LogP contribution in [0.4, 0.5) is 0 Å². The van der Waals surface area contributed by atoms with Crippen LogP contribution in [-0.4, -0.2) is 49.9 Å². The van der Waals surface area contributed by atoms with E-state index in [-0.39, 0.29) is 13.6 Å². The van der Waals surface area contributed by atoms with Crippen LogP contribution in [0.1, 0.15) is 20.3 Å². The Hall–Kier alpha value is -1.18. The second-order valence-corrected chi connectivity index (χ2v) is 2.92. The molecular weight excluding hydrogens is 232 g/mol. The predicted octanol–water partition coefficient (Wildman–Crippen LogP) is -0.188. The van der Waals surface area contributed by atoms with Crippen molar-refractivity contribution in [2.45, 2.75) is 26.4 Å². The molecule has 0 radical (unpaired) electrons. The first-order valence-corrected chi connectivity index (χ1v) is 5.27. The maximum absolute atomic E-state index is 11.1. The van der Waals surface area contributed by atoms with Gasteiger partial charge in [-0.3, -0.25) is 4.79 Å². The van der Waals surface area contributed by atoms with E-state index < -0.39 is 24.5 Å². The van der Waals surface area contributed by atoms with Crippen LogP contribution in [0.15, 0.2) is 0 Å². The summed E-state index contributed by atoms with van der Waals surface area (Å²) >= 11 is 0. The first kappa shape index (κ1) is 15.8. The third-order valence-electron chi connectivity index (χ3n) is 1.63. The van der Waals surface area contributed by atoms with Crippen LogP contribution >= 0.6 is 0 Å². The van der Waals surface area contributed by atoms with Crippen molar-refractivity contribution in [3.8, 4) is 0 Å². The van der Waals surface area contributed by atoms with E-state index in [1.807, 2.05) is 0 Å². The average molecular weight is 250 g/mol. The molecule has 0 aliphatic carbocycles. The summed E-state index contributed by atoms with van der Waals surface area (Å²) in [6.45, 7) is 3.82. The zero-order valence-electron chi connectivity index (χ0n) is 10.0. The molecule has 0 fully saturated rings. The van der Waals surface area contributed by atoms with E-state index in [2.05, 4.69) is 9.47 Å². The van der Waals surface area contributed by atoms with Crippen LogP contribution in [-0.2, 0) is 28.5 Å². The molecule has 0 aromatic heterocycles. The van der Waals surface area contributed by atoms with Gasteiger partial charge in [-0.1, -0.05) is 0 Å². The van der Waals surface area contributed by atoms with Gasteiger partial charge in [-0.2, -0.15) is 0 Å². The molecule has 0 saturated carbocycles. The van der Waals surface area contributed by atoms with Crippen molar-refractivity contribution in [3.05, 3.63) is 0 Å². The Labute approximate surface area is 99.6 Å². The molecule has 7 heteroatoms. The molecular formula is C10H18O7. The van der Waals surface area contributed by atoms with Gasteiger partial charge in [0.1, 0.15) is 0 Å². The number of rotatable bonds is 9. The summed E-state index contributed by atoms with van der Waals surface area (Å²) in [7, 11) is 0. The molecule has 100 valence electrons. The highest BCUT2D eigenvalue weighted by Crippen LogP contribution is 1.98. The second kappa shape index (κ2) is 10.0. The summed E-state index contributed by atoms with van der Waals surface area (Å²) in [6.07, 6.45) is -2.03. The van der Waals surface area contributed by atoms with Crippen molar-refractivity contribution in [2.24, 2.45) is 0 Å². The number of esters is 2. The second-order valence-electron chi connectivity index (χ2n) is 2.92. The van der Waals surface area contributed by atoms with E-state index in [1.54, 1.807) is 13.8 Å². The molecule has 1 atom stereocenters. The van der Waals surface area contributed by atoms with E-state index in [0.717, 1.165) is 0 Å². The Bertz CT molecular complexity index is 229. The number of aliphatic hydroxyl groups is 1. The first-order valence-electron chi connectivity index (χ1n) is 5.27. The predicted molar refractivity (Wildman–Crippen MR) is 55.8 cm³/mol. The first-order chi connectivity index (χ1) is 8.11. The van der Waals surface area contributed by atoms with Gasteiger partial charge in [-0.05, 0) is 13.8 Å². The Morgan fingerprint density at radius 2 is 1.59 bits per heavy atom. The monoisotopic (exact) mass is 250 g/mol. The van der Waals surface area contributed by atoms with Crippen molar-refractivity contribution < 1.29 is 33.6 Å². The van der Waals surface area contributed by atoms with E-state index in [0.29, 0.717) is 13.2 Å². The van der Waals surface area contributed by atoms with Crippen LogP contribution in [0.5, 0.6) is 0 Å². The molecule has 0 rings (SSSR count). The number of carbonyl (C=O) groups excluding carboxylic acids is 2. The third kappa shape index (κ3) is 8.61. The Kier molecular flexibility index (Phi) is 9.31. The maximum atomic E-state index is 11.1.